The van der Waals surface area contributed by atoms with Gasteiger partial charge in [-0.3, -0.25) is 0 Å². The van der Waals surface area contributed by atoms with E-state index in [0.717, 1.165) is 44.1 Å². The van der Waals surface area contributed by atoms with E-state index in [4.69, 9.17) is 18.9 Å². The largest absolute Gasteiger partial charge is 0.462 e. The summed E-state index contributed by atoms with van der Waals surface area (Å²) < 4.78 is 21.1. The average molecular weight is 523 g/mol. The first-order valence-electron chi connectivity index (χ1n) is 13.8. The number of carbonyl (C=O) groups excluding carboxylic acids is 3. The van der Waals surface area contributed by atoms with Gasteiger partial charge in [-0.25, -0.2) is 14.4 Å². The van der Waals surface area contributed by atoms with Crippen LogP contribution < -0.4 is 10.6 Å². The summed E-state index contributed by atoms with van der Waals surface area (Å²) in [5, 5.41) is 5.55. The number of methoxy groups -OCH3 is 1. The van der Waals surface area contributed by atoms with Crippen LogP contribution in [0, 0.1) is 34.5 Å². The maximum atomic E-state index is 12.2. The molecule has 6 atom stereocenters. The van der Waals surface area contributed by atoms with Crippen molar-refractivity contribution in [2.75, 3.05) is 46.6 Å². The van der Waals surface area contributed by atoms with Crippen LogP contribution >= 0.6 is 0 Å². The monoisotopic (exact) mass is 522 g/mol. The van der Waals surface area contributed by atoms with Crippen LogP contribution in [0.2, 0.25) is 0 Å². The minimum Gasteiger partial charge on any atom is -0.462 e. The average Bonchev–Trinajstić information content (AvgIpc) is 3.13. The van der Waals surface area contributed by atoms with Crippen LogP contribution in [0.5, 0.6) is 0 Å². The third-order valence-electron chi connectivity index (χ3n) is 8.59. The summed E-state index contributed by atoms with van der Waals surface area (Å²) in [4.78, 5) is 35.4. The zero-order valence-corrected chi connectivity index (χ0v) is 22.9. The second kappa shape index (κ2) is 13.5. The summed E-state index contributed by atoms with van der Waals surface area (Å²) in [6.07, 6.45) is 8.41. The van der Waals surface area contributed by atoms with Gasteiger partial charge in [0.15, 0.2) is 0 Å². The second-order valence-electron chi connectivity index (χ2n) is 11.9. The van der Waals surface area contributed by atoms with Gasteiger partial charge in [-0.15, -0.1) is 0 Å². The van der Waals surface area contributed by atoms with E-state index in [1.54, 1.807) is 7.11 Å². The lowest BCUT2D eigenvalue weighted by Crippen LogP contribution is -2.38. The van der Waals surface area contributed by atoms with Crippen molar-refractivity contribution in [3.8, 4) is 0 Å². The van der Waals surface area contributed by atoms with E-state index in [0.29, 0.717) is 57.1 Å². The second-order valence-corrected chi connectivity index (χ2v) is 11.9. The van der Waals surface area contributed by atoms with Gasteiger partial charge in [0.25, 0.3) is 0 Å². The van der Waals surface area contributed by atoms with Crippen molar-refractivity contribution in [3.05, 3.63) is 12.7 Å². The molecule has 2 amide bonds. The Kier molecular flexibility index (Phi) is 10.7. The Balaban J connectivity index is 1.41. The van der Waals surface area contributed by atoms with Crippen molar-refractivity contribution in [1.29, 1.82) is 0 Å². The molecule has 0 aromatic carbocycles. The zero-order valence-electron chi connectivity index (χ0n) is 22.9. The Morgan fingerprint density at radius 2 is 1.46 bits per heavy atom. The van der Waals surface area contributed by atoms with E-state index in [2.05, 4.69) is 31.1 Å². The normalized spacial score (nSPS) is 32.1. The van der Waals surface area contributed by atoms with Gasteiger partial charge in [0.05, 0.1) is 19.8 Å². The van der Waals surface area contributed by atoms with Crippen molar-refractivity contribution in [2.45, 2.75) is 65.2 Å². The molecule has 6 unspecified atom stereocenters. The molecule has 3 saturated carbocycles. The minimum atomic E-state index is -0.463. The molecule has 9 heteroatoms. The number of hydrogen-bond acceptors (Lipinski definition) is 7. The molecular formula is C28H46N2O7. The Hall–Kier alpha value is -2.29. The quantitative estimate of drug-likeness (QED) is 0.159. The lowest BCUT2D eigenvalue weighted by Gasteiger charge is -2.41. The zero-order chi connectivity index (χ0) is 26.9. The summed E-state index contributed by atoms with van der Waals surface area (Å²) in [5.41, 5.74) is -0.00789. The van der Waals surface area contributed by atoms with Crippen molar-refractivity contribution in [2.24, 2.45) is 34.5 Å². The fraction of sp³-hybridized carbons (Fsp3) is 0.821. The third kappa shape index (κ3) is 8.62. The molecule has 3 rings (SSSR count). The van der Waals surface area contributed by atoms with Crippen LogP contribution in [0.1, 0.15) is 65.2 Å². The van der Waals surface area contributed by atoms with E-state index in [9.17, 15) is 14.4 Å². The maximum Gasteiger partial charge on any atom is 0.407 e. The Morgan fingerprint density at radius 1 is 0.865 bits per heavy atom. The molecule has 0 heterocycles. The molecule has 3 aliphatic rings. The molecule has 0 aliphatic heterocycles. The maximum absolute atomic E-state index is 12.2. The molecule has 37 heavy (non-hydrogen) atoms. The molecule has 0 aromatic rings. The standard InChI is InChI=1S/C28H46N2O7/c1-5-24(31)35-13-7-11-30-26(33)37-19-28(3)15-20-14-21(16-28)23-17-27(2,9-8-22(20)23)18-36-25(32)29-10-6-12-34-4/h5,20-23H,1,6-19H2,2-4H3,(H,29,32)(H,30,33). The molecule has 2 N–H and O–H groups in total. The topological polar surface area (TPSA) is 112 Å². The predicted molar refractivity (Wildman–Crippen MR) is 139 cm³/mol. The van der Waals surface area contributed by atoms with Gasteiger partial charge >= 0.3 is 18.2 Å². The highest BCUT2D eigenvalue weighted by atomic mass is 16.6. The predicted octanol–water partition coefficient (Wildman–Crippen LogP) is 4.45. The van der Waals surface area contributed by atoms with Crippen molar-refractivity contribution >= 4 is 18.2 Å². The van der Waals surface area contributed by atoms with Gasteiger partial charge in [0.1, 0.15) is 0 Å². The summed E-state index contributed by atoms with van der Waals surface area (Å²) in [6, 6.07) is 0. The summed E-state index contributed by atoms with van der Waals surface area (Å²) >= 11 is 0. The summed E-state index contributed by atoms with van der Waals surface area (Å²) in [6.45, 7) is 10.5. The van der Waals surface area contributed by atoms with Gasteiger partial charge in [-0.05, 0) is 75.0 Å². The van der Waals surface area contributed by atoms with Gasteiger partial charge < -0.3 is 29.6 Å². The van der Waals surface area contributed by atoms with E-state index < -0.39 is 12.1 Å². The third-order valence-corrected chi connectivity index (χ3v) is 8.59. The summed E-state index contributed by atoms with van der Waals surface area (Å²) in [7, 11) is 1.65. The Labute approximate surface area is 221 Å². The van der Waals surface area contributed by atoms with E-state index in [1.165, 1.54) is 12.8 Å². The summed E-state index contributed by atoms with van der Waals surface area (Å²) in [5.74, 6) is 2.20. The fourth-order valence-corrected chi connectivity index (χ4v) is 6.94. The number of fused-ring (bicyclic) bond motifs is 5. The smallest absolute Gasteiger partial charge is 0.407 e. The van der Waals surface area contributed by atoms with Crippen LogP contribution in [0.15, 0.2) is 12.7 Å². The molecule has 0 saturated heterocycles. The minimum absolute atomic E-state index is 0.00923. The van der Waals surface area contributed by atoms with Crippen molar-refractivity contribution in [3.63, 3.8) is 0 Å². The van der Waals surface area contributed by atoms with Gasteiger partial charge in [0.2, 0.25) is 0 Å². The lowest BCUT2D eigenvalue weighted by atomic mass is 9.65. The molecule has 3 fully saturated rings. The Bertz CT molecular complexity index is 805. The number of hydrogen-bond donors (Lipinski definition) is 2. The first-order valence-corrected chi connectivity index (χ1v) is 13.8. The van der Waals surface area contributed by atoms with E-state index in [-0.39, 0.29) is 23.5 Å². The molecule has 210 valence electrons. The van der Waals surface area contributed by atoms with Crippen LogP contribution in [-0.2, 0) is 23.7 Å². The van der Waals surface area contributed by atoms with Gasteiger partial charge in [-0.1, -0.05) is 20.4 Å². The molecule has 0 radical (unpaired) electrons. The first kappa shape index (κ1) is 29.3. The number of amides is 2. The van der Waals surface area contributed by atoms with Crippen molar-refractivity contribution in [1.82, 2.24) is 10.6 Å². The molecule has 2 bridgehead atoms. The number of nitrogens with one attached hydrogen (secondary N) is 2. The van der Waals surface area contributed by atoms with Crippen LogP contribution in [-0.4, -0.2) is 64.8 Å². The number of ether oxygens (including phenoxy) is 4. The number of esters is 1. The highest BCUT2D eigenvalue weighted by molar-refractivity contribution is 5.81. The molecule has 0 spiro atoms. The van der Waals surface area contributed by atoms with Crippen LogP contribution in [0.4, 0.5) is 9.59 Å². The van der Waals surface area contributed by atoms with Crippen LogP contribution in [0.3, 0.4) is 0 Å². The van der Waals surface area contributed by atoms with E-state index in [1.807, 2.05) is 0 Å². The molecule has 9 nitrogen and oxygen atoms in total. The molecule has 3 aliphatic carbocycles. The molecular weight excluding hydrogens is 476 g/mol. The Morgan fingerprint density at radius 3 is 2.08 bits per heavy atom. The first-order chi connectivity index (χ1) is 17.7. The van der Waals surface area contributed by atoms with Crippen molar-refractivity contribution < 1.29 is 33.3 Å². The number of alkyl carbamates (subject to hydrolysis) is 2. The SMILES string of the molecule is C=CC(=O)OCCCNC(=O)OCC1(C)CC2CC(C1)C1CC(C)(COC(=O)NCCCOC)CCC21. The molecule has 0 aromatic heterocycles. The number of carbonyl (C=O) groups is 3. The highest BCUT2D eigenvalue weighted by Crippen LogP contribution is 2.62. The fourth-order valence-electron chi connectivity index (χ4n) is 6.94. The lowest BCUT2D eigenvalue weighted by molar-refractivity contribution is -0.137. The highest BCUT2D eigenvalue weighted by Gasteiger charge is 2.55. The van der Waals surface area contributed by atoms with Gasteiger partial charge in [0, 0.05) is 43.7 Å². The van der Waals surface area contributed by atoms with E-state index >= 15 is 0 Å². The van der Waals surface area contributed by atoms with Crippen LogP contribution in [0.25, 0.3) is 0 Å². The number of rotatable bonds is 13. The van der Waals surface area contributed by atoms with Gasteiger partial charge in [-0.2, -0.15) is 0 Å².